The van der Waals surface area contributed by atoms with Crippen LogP contribution in [0.15, 0.2) is 42.5 Å². The molecule has 0 bridgehead atoms. The molecule has 0 aliphatic rings. The number of nitrogens with one attached hydrogen (secondary N) is 1. The monoisotopic (exact) mass is 505 g/mol. The molecule has 0 unspecified atom stereocenters. The van der Waals surface area contributed by atoms with E-state index in [1.54, 1.807) is 4.80 Å². The molecule has 1 amide bonds. The van der Waals surface area contributed by atoms with E-state index in [4.69, 9.17) is 16.3 Å². The second-order valence-electron chi connectivity index (χ2n) is 9.02. The molecule has 3 aromatic carbocycles. The van der Waals surface area contributed by atoms with Crippen LogP contribution >= 0.6 is 11.6 Å². The van der Waals surface area contributed by atoms with E-state index in [0.717, 1.165) is 46.5 Å². The van der Waals surface area contributed by atoms with E-state index in [2.05, 4.69) is 53.3 Å². The quantitative estimate of drug-likeness (QED) is 0.310. The van der Waals surface area contributed by atoms with Crippen LogP contribution in [-0.4, -0.2) is 40.6 Å². The molecule has 36 heavy (non-hydrogen) atoms. The Morgan fingerprint density at radius 2 is 1.64 bits per heavy atom. The number of carbonyl (C=O) groups excluding carboxylic acids is 1. The second-order valence-corrected chi connectivity index (χ2v) is 9.43. The standard InChI is InChI=1S/C28H32ClN5O2/c1-7-33(8-2)21-9-10-26(19(5)13-21)34-31-24-14-18(4)23(15-25(24)32-34)30-27(35)16-36-28-20(6)11-17(3)12-22(28)29/h9-15H,7-8,16H2,1-6H3,(H,30,35). The zero-order valence-corrected chi connectivity index (χ0v) is 22.4. The van der Waals surface area contributed by atoms with Gasteiger partial charge >= 0.3 is 0 Å². The third-order valence-corrected chi connectivity index (χ3v) is 6.53. The molecule has 8 heteroatoms. The average Bonchev–Trinajstić information content (AvgIpc) is 3.21. The van der Waals surface area contributed by atoms with Gasteiger partial charge in [-0.25, -0.2) is 0 Å². The summed E-state index contributed by atoms with van der Waals surface area (Å²) in [5, 5.41) is 12.8. The van der Waals surface area contributed by atoms with Crippen LogP contribution in [-0.2, 0) is 4.79 Å². The van der Waals surface area contributed by atoms with Gasteiger partial charge in [-0.1, -0.05) is 17.7 Å². The third kappa shape index (κ3) is 5.31. The molecule has 0 fully saturated rings. The maximum atomic E-state index is 12.6. The number of ether oxygens (including phenoxy) is 1. The number of aryl methyl sites for hydroxylation is 4. The van der Waals surface area contributed by atoms with Crippen molar-refractivity contribution in [3.05, 3.63) is 69.7 Å². The van der Waals surface area contributed by atoms with Gasteiger partial charge in [-0.05, 0) is 100 Å². The highest BCUT2D eigenvalue weighted by atomic mass is 35.5. The third-order valence-electron chi connectivity index (χ3n) is 6.25. The van der Waals surface area contributed by atoms with Crippen molar-refractivity contribution in [3.8, 4) is 11.4 Å². The van der Waals surface area contributed by atoms with E-state index in [9.17, 15) is 4.79 Å². The maximum Gasteiger partial charge on any atom is 0.262 e. The number of carbonyl (C=O) groups is 1. The van der Waals surface area contributed by atoms with Gasteiger partial charge in [-0.2, -0.15) is 4.80 Å². The summed E-state index contributed by atoms with van der Waals surface area (Å²) < 4.78 is 5.72. The van der Waals surface area contributed by atoms with Crippen molar-refractivity contribution in [2.45, 2.75) is 41.5 Å². The molecule has 4 rings (SSSR count). The molecule has 0 aliphatic carbocycles. The van der Waals surface area contributed by atoms with Crippen molar-refractivity contribution < 1.29 is 9.53 Å². The Bertz CT molecular complexity index is 1400. The number of halogens is 1. The predicted molar refractivity (Wildman–Crippen MR) is 147 cm³/mol. The lowest BCUT2D eigenvalue weighted by Crippen LogP contribution is -2.21. The number of rotatable bonds is 8. The Labute approximate surface area is 217 Å². The fourth-order valence-corrected chi connectivity index (χ4v) is 4.74. The number of hydrogen-bond acceptors (Lipinski definition) is 5. The molecule has 0 atom stereocenters. The van der Waals surface area contributed by atoms with Crippen molar-refractivity contribution in [1.29, 1.82) is 0 Å². The van der Waals surface area contributed by atoms with Crippen molar-refractivity contribution in [3.63, 3.8) is 0 Å². The molecule has 1 heterocycles. The van der Waals surface area contributed by atoms with Gasteiger partial charge in [0, 0.05) is 24.5 Å². The summed E-state index contributed by atoms with van der Waals surface area (Å²) in [6, 6.07) is 13.9. The van der Waals surface area contributed by atoms with E-state index in [0.29, 0.717) is 22.0 Å². The summed E-state index contributed by atoms with van der Waals surface area (Å²) in [6.07, 6.45) is 0. The van der Waals surface area contributed by atoms with Gasteiger partial charge in [-0.15, -0.1) is 10.2 Å². The highest BCUT2D eigenvalue weighted by molar-refractivity contribution is 6.32. The number of nitrogens with zero attached hydrogens (tertiary/aromatic N) is 4. The average molecular weight is 506 g/mol. The van der Waals surface area contributed by atoms with Gasteiger partial charge in [0.15, 0.2) is 6.61 Å². The van der Waals surface area contributed by atoms with Gasteiger partial charge < -0.3 is 15.0 Å². The molecule has 4 aromatic rings. The van der Waals surface area contributed by atoms with Gasteiger partial charge in [0.2, 0.25) is 0 Å². The highest BCUT2D eigenvalue weighted by Gasteiger charge is 2.14. The minimum absolute atomic E-state index is 0.147. The minimum atomic E-state index is -0.274. The zero-order valence-electron chi connectivity index (χ0n) is 21.6. The summed E-state index contributed by atoms with van der Waals surface area (Å²) in [4.78, 5) is 16.6. The number of hydrogen-bond donors (Lipinski definition) is 1. The molecule has 0 radical (unpaired) electrons. The summed E-state index contributed by atoms with van der Waals surface area (Å²) in [5.74, 6) is 0.249. The van der Waals surface area contributed by atoms with Crippen molar-refractivity contribution >= 4 is 39.9 Å². The molecule has 0 spiro atoms. The molecular formula is C28H32ClN5O2. The van der Waals surface area contributed by atoms with Crippen molar-refractivity contribution in [2.24, 2.45) is 0 Å². The molecule has 0 saturated carbocycles. The minimum Gasteiger partial charge on any atom is -0.482 e. The number of amides is 1. The number of benzene rings is 3. The van der Waals surface area contributed by atoms with Gasteiger partial charge in [-0.3, -0.25) is 4.79 Å². The first-order chi connectivity index (χ1) is 17.2. The Morgan fingerprint density at radius 3 is 2.28 bits per heavy atom. The van der Waals surface area contributed by atoms with Crippen molar-refractivity contribution in [2.75, 3.05) is 29.9 Å². The van der Waals surface area contributed by atoms with Crippen LogP contribution in [0.4, 0.5) is 11.4 Å². The van der Waals surface area contributed by atoms with E-state index in [1.165, 1.54) is 5.69 Å². The van der Waals surface area contributed by atoms with E-state index in [1.807, 2.05) is 51.1 Å². The highest BCUT2D eigenvalue weighted by Crippen LogP contribution is 2.30. The van der Waals surface area contributed by atoms with Crippen LogP contribution in [0.25, 0.3) is 16.7 Å². The van der Waals surface area contributed by atoms with Crippen LogP contribution < -0.4 is 15.0 Å². The lowest BCUT2D eigenvalue weighted by Gasteiger charge is -2.22. The van der Waals surface area contributed by atoms with Crippen molar-refractivity contribution in [1.82, 2.24) is 15.0 Å². The molecule has 0 aliphatic heterocycles. The largest absolute Gasteiger partial charge is 0.482 e. The van der Waals surface area contributed by atoms with E-state index in [-0.39, 0.29) is 12.5 Å². The lowest BCUT2D eigenvalue weighted by atomic mass is 10.1. The van der Waals surface area contributed by atoms with Gasteiger partial charge in [0.25, 0.3) is 5.91 Å². The summed E-state index contributed by atoms with van der Waals surface area (Å²) in [7, 11) is 0. The lowest BCUT2D eigenvalue weighted by molar-refractivity contribution is -0.118. The summed E-state index contributed by atoms with van der Waals surface area (Å²) >= 11 is 6.30. The molecule has 188 valence electrons. The second kappa shape index (κ2) is 10.6. The topological polar surface area (TPSA) is 72.3 Å². The smallest absolute Gasteiger partial charge is 0.262 e. The van der Waals surface area contributed by atoms with Crippen LogP contribution in [0.1, 0.15) is 36.1 Å². The first-order valence-corrected chi connectivity index (χ1v) is 12.5. The first kappa shape index (κ1) is 25.5. The Morgan fingerprint density at radius 1 is 0.944 bits per heavy atom. The van der Waals surface area contributed by atoms with E-state index >= 15 is 0 Å². The molecule has 1 N–H and O–H groups in total. The normalized spacial score (nSPS) is 11.1. The van der Waals surface area contributed by atoms with Crippen LogP contribution in [0, 0.1) is 27.7 Å². The number of fused-ring (bicyclic) bond motifs is 1. The summed E-state index contributed by atoms with van der Waals surface area (Å²) in [6.45, 7) is 13.9. The fourth-order valence-electron chi connectivity index (χ4n) is 4.37. The zero-order chi connectivity index (χ0) is 26.0. The Hall–Kier alpha value is -3.58. The van der Waals surface area contributed by atoms with Crippen LogP contribution in [0.2, 0.25) is 5.02 Å². The van der Waals surface area contributed by atoms with Gasteiger partial charge in [0.1, 0.15) is 16.8 Å². The van der Waals surface area contributed by atoms with Crippen LogP contribution in [0.3, 0.4) is 0 Å². The maximum absolute atomic E-state index is 12.6. The van der Waals surface area contributed by atoms with Crippen LogP contribution in [0.5, 0.6) is 5.75 Å². The first-order valence-electron chi connectivity index (χ1n) is 12.1. The van der Waals surface area contributed by atoms with Gasteiger partial charge in [0.05, 0.1) is 10.7 Å². The molecule has 0 saturated heterocycles. The fraction of sp³-hybridized carbons (Fsp3) is 0.321. The molecular weight excluding hydrogens is 474 g/mol. The summed E-state index contributed by atoms with van der Waals surface area (Å²) in [5.41, 5.74) is 8.14. The molecule has 1 aromatic heterocycles. The number of anilines is 2. The Kier molecular flexibility index (Phi) is 7.50. The number of aromatic nitrogens is 3. The predicted octanol–water partition coefficient (Wildman–Crippen LogP) is 6.17. The van der Waals surface area contributed by atoms with E-state index < -0.39 is 0 Å². The molecule has 7 nitrogen and oxygen atoms in total. The Balaban J connectivity index is 1.52. The SMILES string of the molecule is CCN(CC)c1ccc(-n2nc3cc(C)c(NC(=O)COc4c(C)cc(C)cc4Cl)cc3n2)c(C)c1.